The van der Waals surface area contributed by atoms with E-state index in [1.807, 2.05) is 16.8 Å². The van der Waals surface area contributed by atoms with E-state index in [0.29, 0.717) is 32.6 Å². The number of hydrogen-bond acceptors (Lipinski definition) is 4. The van der Waals surface area contributed by atoms with Gasteiger partial charge in [-0.2, -0.15) is 5.26 Å². The highest BCUT2D eigenvalue weighted by Crippen LogP contribution is 2.17. The third-order valence-electron chi connectivity index (χ3n) is 3.87. The summed E-state index contributed by atoms with van der Waals surface area (Å²) < 4.78 is 12.9. The normalized spacial score (nSPS) is 15.0. The summed E-state index contributed by atoms with van der Waals surface area (Å²) >= 11 is 0. The summed E-state index contributed by atoms with van der Waals surface area (Å²) in [5, 5.41) is 8.59. The van der Waals surface area contributed by atoms with Crippen LogP contribution in [0.4, 0.5) is 10.1 Å². The third-order valence-corrected chi connectivity index (χ3v) is 3.87. The Balaban J connectivity index is 1.78. The minimum absolute atomic E-state index is 0.128. The summed E-state index contributed by atoms with van der Waals surface area (Å²) in [5.74, 6) is -0.109. The predicted octanol–water partition coefficient (Wildman–Crippen LogP) is 1.32. The summed E-state index contributed by atoms with van der Waals surface area (Å²) in [4.78, 5) is 18.0. The van der Waals surface area contributed by atoms with Crippen LogP contribution in [0.3, 0.4) is 0 Å². The monoisotopic (exact) mass is 304 g/mol. The van der Waals surface area contributed by atoms with Crippen LogP contribution in [-0.2, 0) is 4.79 Å². The lowest BCUT2D eigenvalue weighted by molar-refractivity contribution is -0.131. The average molecular weight is 304 g/mol. The summed E-state index contributed by atoms with van der Waals surface area (Å²) in [6, 6.07) is 8.51. The first-order valence-corrected chi connectivity index (χ1v) is 7.44. The lowest BCUT2D eigenvalue weighted by Gasteiger charge is -2.36. The Morgan fingerprint density at radius 1 is 1.27 bits per heavy atom. The van der Waals surface area contributed by atoms with Crippen molar-refractivity contribution in [1.82, 2.24) is 9.80 Å². The van der Waals surface area contributed by atoms with Gasteiger partial charge in [0.25, 0.3) is 0 Å². The molecule has 5 nitrogen and oxygen atoms in total. The molecule has 0 aliphatic carbocycles. The van der Waals surface area contributed by atoms with Crippen molar-refractivity contribution in [3.8, 4) is 6.07 Å². The van der Waals surface area contributed by atoms with Crippen molar-refractivity contribution in [3.05, 3.63) is 30.1 Å². The quantitative estimate of drug-likeness (QED) is 0.770. The van der Waals surface area contributed by atoms with Gasteiger partial charge in [0, 0.05) is 44.8 Å². The van der Waals surface area contributed by atoms with Crippen molar-refractivity contribution in [2.24, 2.45) is 0 Å². The summed E-state index contributed by atoms with van der Waals surface area (Å²) in [5.41, 5.74) is 0.988. The Hall–Kier alpha value is -2.13. The second-order valence-corrected chi connectivity index (χ2v) is 5.49. The van der Waals surface area contributed by atoms with E-state index in [2.05, 4.69) is 11.0 Å². The van der Waals surface area contributed by atoms with Gasteiger partial charge in [-0.05, 0) is 31.3 Å². The van der Waals surface area contributed by atoms with Crippen LogP contribution in [0.2, 0.25) is 0 Å². The van der Waals surface area contributed by atoms with Crippen molar-refractivity contribution in [3.63, 3.8) is 0 Å². The van der Waals surface area contributed by atoms with Crippen LogP contribution in [0.5, 0.6) is 0 Å². The van der Waals surface area contributed by atoms with E-state index in [-0.39, 0.29) is 11.7 Å². The number of halogens is 1. The Kier molecular flexibility index (Phi) is 5.73. The van der Waals surface area contributed by atoms with Crippen LogP contribution in [0.1, 0.15) is 6.42 Å². The van der Waals surface area contributed by atoms with Crippen molar-refractivity contribution in [2.45, 2.75) is 6.42 Å². The van der Waals surface area contributed by atoms with Crippen LogP contribution in [-0.4, -0.2) is 62.0 Å². The van der Waals surface area contributed by atoms with Crippen molar-refractivity contribution < 1.29 is 9.18 Å². The molecule has 0 radical (unpaired) electrons. The Bertz CT molecular complexity index is 532. The molecule has 0 atom stereocenters. The Morgan fingerprint density at radius 2 is 1.91 bits per heavy atom. The number of carbonyl (C=O) groups is 1. The highest BCUT2D eigenvalue weighted by atomic mass is 19.1. The van der Waals surface area contributed by atoms with E-state index < -0.39 is 0 Å². The fourth-order valence-corrected chi connectivity index (χ4v) is 2.51. The SMILES string of the molecule is CN(CC#N)CCC(=O)N1CCN(c2ccc(F)cc2)CC1. The first-order chi connectivity index (χ1) is 10.6. The first-order valence-electron chi connectivity index (χ1n) is 7.44. The van der Waals surface area contributed by atoms with Crippen LogP contribution < -0.4 is 4.90 Å². The molecule has 1 aliphatic heterocycles. The van der Waals surface area contributed by atoms with Gasteiger partial charge < -0.3 is 9.80 Å². The number of carbonyl (C=O) groups excluding carboxylic acids is 1. The van der Waals surface area contributed by atoms with Crippen molar-refractivity contribution >= 4 is 11.6 Å². The molecule has 1 aliphatic rings. The van der Waals surface area contributed by atoms with Gasteiger partial charge in [0.15, 0.2) is 0 Å². The maximum atomic E-state index is 12.9. The van der Waals surface area contributed by atoms with Gasteiger partial charge >= 0.3 is 0 Å². The zero-order chi connectivity index (χ0) is 15.9. The van der Waals surface area contributed by atoms with Gasteiger partial charge in [-0.25, -0.2) is 4.39 Å². The van der Waals surface area contributed by atoms with Crippen molar-refractivity contribution in [2.75, 3.05) is 51.2 Å². The van der Waals surface area contributed by atoms with Gasteiger partial charge in [-0.3, -0.25) is 9.69 Å². The topological polar surface area (TPSA) is 50.6 Å². The molecule has 6 heteroatoms. The molecule has 0 spiro atoms. The van der Waals surface area contributed by atoms with E-state index in [1.165, 1.54) is 12.1 Å². The highest BCUT2D eigenvalue weighted by Gasteiger charge is 2.21. The molecule has 1 amide bonds. The minimum Gasteiger partial charge on any atom is -0.368 e. The van der Waals surface area contributed by atoms with E-state index in [4.69, 9.17) is 5.26 Å². The van der Waals surface area contributed by atoms with E-state index >= 15 is 0 Å². The van der Waals surface area contributed by atoms with E-state index in [9.17, 15) is 9.18 Å². The molecular formula is C16H21FN4O. The van der Waals surface area contributed by atoms with Gasteiger partial charge in [0.05, 0.1) is 12.6 Å². The summed E-state index contributed by atoms with van der Waals surface area (Å²) in [6.45, 7) is 3.81. The molecule has 2 rings (SSSR count). The number of piperazine rings is 1. The molecule has 22 heavy (non-hydrogen) atoms. The number of hydrogen-bond donors (Lipinski definition) is 0. The Labute approximate surface area is 130 Å². The number of rotatable bonds is 5. The number of benzene rings is 1. The highest BCUT2D eigenvalue weighted by molar-refractivity contribution is 5.76. The smallest absolute Gasteiger partial charge is 0.223 e. The molecule has 1 fully saturated rings. The molecule has 1 aromatic rings. The van der Waals surface area contributed by atoms with Crippen LogP contribution >= 0.6 is 0 Å². The molecule has 0 unspecified atom stereocenters. The van der Waals surface area contributed by atoms with Crippen LogP contribution in [0.25, 0.3) is 0 Å². The first kappa shape index (κ1) is 16.2. The maximum absolute atomic E-state index is 12.9. The summed E-state index contributed by atoms with van der Waals surface area (Å²) in [7, 11) is 1.84. The van der Waals surface area contributed by atoms with Crippen LogP contribution in [0.15, 0.2) is 24.3 Å². The molecule has 118 valence electrons. The standard InChI is InChI=1S/C16H21FN4O/c1-19(9-7-18)8-6-16(22)21-12-10-20(11-13-21)15-4-2-14(17)3-5-15/h2-5H,6,8-13H2,1H3. The van der Waals surface area contributed by atoms with Gasteiger partial charge in [-0.15, -0.1) is 0 Å². The third kappa shape index (κ3) is 4.43. The van der Waals surface area contributed by atoms with Gasteiger partial charge in [-0.1, -0.05) is 0 Å². The molecule has 0 saturated carbocycles. The molecule has 1 saturated heterocycles. The van der Waals surface area contributed by atoms with Crippen molar-refractivity contribution in [1.29, 1.82) is 5.26 Å². The predicted molar refractivity (Wildman–Crippen MR) is 82.9 cm³/mol. The molecule has 0 aromatic heterocycles. The maximum Gasteiger partial charge on any atom is 0.223 e. The molecular weight excluding hydrogens is 283 g/mol. The van der Waals surface area contributed by atoms with E-state index in [0.717, 1.165) is 18.8 Å². The van der Waals surface area contributed by atoms with Gasteiger partial charge in [0.1, 0.15) is 5.82 Å². The zero-order valence-corrected chi connectivity index (χ0v) is 12.8. The lowest BCUT2D eigenvalue weighted by atomic mass is 10.2. The summed E-state index contributed by atoms with van der Waals surface area (Å²) in [6.07, 6.45) is 0.439. The lowest BCUT2D eigenvalue weighted by Crippen LogP contribution is -2.49. The number of nitrogens with zero attached hydrogens (tertiary/aromatic N) is 4. The molecule has 1 aromatic carbocycles. The molecule has 0 bridgehead atoms. The zero-order valence-electron chi connectivity index (χ0n) is 12.8. The van der Waals surface area contributed by atoms with Gasteiger partial charge in [0.2, 0.25) is 5.91 Å². The number of anilines is 1. The fraction of sp³-hybridized carbons (Fsp3) is 0.500. The van der Waals surface area contributed by atoms with Crippen LogP contribution in [0, 0.1) is 17.1 Å². The number of amides is 1. The average Bonchev–Trinajstić information content (AvgIpc) is 2.54. The molecule has 1 heterocycles. The second-order valence-electron chi connectivity index (χ2n) is 5.49. The second kappa shape index (κ2) is 7.76. The number of nitriles is 1. The largest absolute Gasteiger partial charge is 0.368 e. The fourth-order valence-electron chi connectivity index (χ4n) is 2.51. The minimum atomic E-state index is -0.237. The molecule has 0 N–H and O–H groups in total. The van der Waals surface area contributed by atoms with E-state index in [1.54, 1.807) is 12.1 Å². The Morgan fingerprint density at radius 3 is 2.50 bits per heavy atom.